The van der Waals surface area contributed by atoms with Gasteiger partial charge in [-0.3, -0.25) is 0 Å². The normalized spacial score (nSPS) is 15.5. The van der Waals surface area contributed by atoms with Crippen LogP contribution in [0.3, 0.4) is 0 Å². The molecule has 0 aliphatic heterocycles. The lowest BCUT2D eigenvalue weighted by Gasteiger charge is -2.18. The van der Waals surface area contributed by atoms with Crippen LogP contribution in [-0.2, 0) is 6.54 Å². The molecular formula is C15H19BrN2O2. The highest BCUT2D eigenvalue weighted by molar-refractivity contribution is 9.10. The van der Waals surface area contributed by atoms with E-state index in [1.807, 2.05) is 19.1 Å². The molecule has 0 spiro atoms. The fraction of sp³-hybridized carbons (Fsp3) is 0.533. The van der Waals surface area contributed by atoms with Crippen molar-refractivity contribution < 1.29 is 9.47 Å². The minimum Gasteiger partial charge on any atom is -0.490 e. The predicted octanol–water partition coefficient (Wildman–Crippen LogP) is 3.38. The van der Waals surface area contributed by atoms with Gasteiger partial charge in [0.15, 0.2) is 11.5 Å². The Morgan fingerprint density at radius 2 is 2.15 bits per heavy atom. The average Bonchev–Trinajstić information content (AvgIpc) is 3.18. The van der Waals surface area contributed by atoms with Crippen molar-refractivity contribution in [1.82, 2.24) is 0 Å². The first-order valence-electron chi connectivity index (χ1n) is 6.79. The van der Waals surface area contributed by atoms with Gasteiger partial charge in [-0.25, -0.2) is 0 Å². The second-order valence-electron chi connectivity index (χ2n) is 5.17. The summed E-state index contributed by atoms with van der Waals surface area (Å²) in [6.45, 7) is 3.52. The molecule has 1 aliphatic rings. The molecule has 0 heterocycles. The van der Waals surface area contributed by atoms with E-state index in [-0.39, 0.29) is 5.41 Å². The number of benzene rings is 1. The highest BCUT2D eigenvalue weighted by atomic mass is 79.9. The van der Waals surface area contributed by atoms with Crippen LogP contribution in [0.2, 0.25) is 0 Å². The van der Waals surface area contributed by atoms with Crippen LogP contribution < -0.4 is 15.2 Å². The number of rotatable bonds is 7. The molecule has 1 aliphatic carbocycles. The lowest BCUT2D eigenvalue weighted by atomic mass is 10.1. The van der Waals surface area contributed by atoms with E-state index in [4.69, 9.17) is 20.5 Å². The first-order chi connectivity index (χ1) is 9.64. The first kappa shape index (κ1) is 15.1. The zero-order valence-corrected chi connectivity index (χ0v) is 13.2. The molecule has 4 nitrogen and oxygen atoms in total. The van der Waals surface area contributed by atoms with Crippen molar-refractivity contribution in [2.75, 3.05) is 13.2 Å². The Bertz CT molecular complexity index is 521. The molecule has 5 heteroatoms. The maximum atomic E-state index is 8.85. The fourth-order valence-electron chi connectivity index (χ4n) is 2.08. The van der Waals surface area contributed by atoms with Gasteiger partial charge >= 0.3 is 0 Å². The van der Waals surface area contributed by atoms with Crippen LogP contribution in [0.25, 0.3) is 0 Å². The summed E-state index contributed by atoms with van der Waals surface area (Å²) in [5.41, 5.74) is 6.71. The summed E-state index contributed by atoms with van der Waals surface area (Å²) in [7, 11) is 0. The third-order valence-corrected chi connectivity index (χ3v) is 4.13. The molecule has 1 saturated carbocycles. The zero-order valence-electron chi connectivity index (χ0n) is 11.6. The maximum absolute atomic E-state index is 8.85. The standard InChI is InChI=1S/C15H19BrN2O2/c1-2-19-13-8-11(9-18)7-12(16)14(13)20-10-15(3-4-15)5-6-17/h7-8H,2-5,9-10,18H2,1H3. The fourth-order valence-corrected chi connectivity index (χ4v) is 2.69. The van der Waals surface area contributed by atoms with Gasteiger partial charge in [-0.1, -0.05) is 0 Å². The van der Waals surface area contributed by atoms with E-state index < -0.39 is 0 Å². The van der Waals surface area contributed by atoms with Crippen LogP contribution in [0.5, 0.6) is 11.5 Å². The summed E-state index contributed by atoms with van der Waals surface area (Å²) in [5, 5.41) is 8.85. The molecule has 0 aromatic heterocycles. The second kappa shape index (κ2) is 6.47. The van der Waals surface area contributed by atoms with Crippen LogP contribution in [0, 0.1) is 16.7 Å². The number of halogens is 1. The largest absolute Gasteiger partial charge is 0.490 e. The Balaban J connectivity index is 2.15. The van der Waals surface area contributed by atoms with E-state index in [0.717, 1.165) is 22.9 Å². The highest BCUT2D eigenvalue weighted by Gasteiger charge is 2.43. The van der Waals surface area contributed by atoms with E-state index in [2.05, 4.69) is 22.0 Å². The van der Waals surface area contributed by atoms with Gasteiger partial charge in [0.05, 0.1) is 23.8 Å². The SMILES string of the molecule is CCOc1cc(CN)cc(Br)c1OCC1(CC#N)CC1. The van der Waals surface area contributed by atoms with Gasteiger partial charge in [-0.15, -0.1) is 0 Å². The van der Waals surface area contributed by atoms with Crippen LogP contribution in [0.1, 0.15) is 31.7 Å². The Kier molecular flexibility index (Phi) is 4.90. The minimum atomic E-state index is 0.0458. The molecule has 1 fully saturated rings. The van der Waals surface area contributed by atoms with Crippen molar-refractivity contribution in [2.45, 2.75) is 32.7 Å². The minimum absolute atomic E-state index is 0.0458. The number of ether oxygens (including phenoxy) is 2. The van der Waals surface area contributed by atoms with Crippen LogP contribution in [-0.4, -0.2) is 13.2 Å². The van der Waals surface area contributed by atoms with Crippen LogP contribution in [0.15, 0.2) is 16.6 Å². The molecule has 2 rings (SSSR count). The molecule has 0 atom stereocenters. The van der Waals surface area contributed by atoms with Crippen LogP contribution >= 0.6 is 15.9 Å². The number of hydrogen-bond donors (Lipinski definition) is 1. The van der Waals surface area contributed by atoms with Gasteiger partial charge in [0.25, 0.3) is 0 Å². The molecule has 0 radical (unpaired) electrons. The molecule has 108 valence electrons. The molecule has 0 bridgehead atoms. The van der Waals surface area contributed by atoms with Gasteiger partial charge in [-0.05, 0) is 53.4 Å². The molecule has 0 saturated heterocycles. The predicted molar refractivity (Wildman–Crippen MR) is 80.6 cm³/mol. The van der Waals surface area contributed by atoms with Gasteiger partial charge in [0, 0.05) is 18.4 Å². The first-order valence-corrected chi connectivity index (χ1v) is 7.58. The Labute approximate surface area is 128 Å². The Morgan fingerprint density at radius 3 is 2.70 bits per heavy atom. The second-order valence-corrected chi connectivity index (χ2v) is 6.02. The summed E-state index contributed by atoms with van der Waals surface area (Å²) < 4.78 is 12.4. The number of nitrogens with zero attached hydrogens (tertiary/aromatic N) is 1. The van der Waals surface area contributed by atoms with Crippen LogP contribution in [0.4, 0.5) is 0 Å². The van der Waals surface area contributed by atoms with Gasteiger partial charge < -0.3 is 15.2 Å². The molecule has 2 N–H and O–H groups in total. The lowest BCUT2D eigenvalue weighted by Crippen LogP contribution is -2.13. The van der Waals surface area contributed by atoms with E-state index in [9.17, 15) is 0 Å². The van der Waals surface area contributed by atoms with Crippen molar-refractivity contribution in [3.63, 3.8) is 0 Å². The third-order valence-electron chi connectivity index (χ3n) is 3.54. The molecule has 20 heavy (non-hydrogen) atoms. The average molecular weight is 339 g/mol. The van der Waals surface area contributed by atoms with E-state index in [0.29, 0.717) is 37.7 Å². The van der Waals surface area contributed by atoms with E-state index in [1.54, 1.807) is 0 Å². The molecular weight excluding hydrogens is 320 g/mol. The zero-order chi connectivity index (χ0) is 14.6. The van der Waals surface area contributed by atoms with Crippen molar-refractivity contribution in [3.05, 3.63) is 22.2 Å². The summed E-state index contributed by atoms with van der Waals surface area (Å²) in [5.74, 6) is 1.41. The maximum Gasteiger partial charge on any atom is 0.175 e. The summed E-state index contributed by atoms with van der Waals surface area (Å²) in [4.78, 5) is 0. The van der Waals surface area contributed by atoms with Crippen molar-refractivity contribution in [1.29, 1.82) is 5.26 Å². The molecule has 0 unspecified atom stereocenters. The Morgan fingerprint density at radius 1 is 1.40 bits per heavy atom. The highest BCUT2D eigenvalue weighted by Crippen LogP contribution is 2.49. The number of hydrogen-bond acceptors (Lipinski definition) is 4. The summed E-state index contributed by atoms with van der Waals surface area (Å²) in [6.07, 6.45) is 2.67. The summed E-state index contributed by atoms with van der Waals surface area (Å²) in [6, 6.07) is 6.10. The monoisotopic (exact) mass is 338 g/mol. The quantitative estimate of drug-likeness (QED) is 0.827. The van der Waals surface area contributed by atoms with Gasteiger partial charge in [0.2, 0.25) is 0 Å². The van der Waals surface area contributed by atoms with E-state index >= 15 is 0 Å². The molecule has 1 aromatic rings. The topological polar surface area (TPSA) is 68.3 Å². The van der Waals surface area contributed by atoms with Crippen molar-refractivity contribution >= 4 is 15.9 Å². The van der Waals surface area contributed by atoms with Gasteiger partial charge in [0.1, 0.15) is 0 Å². The molecule has 1 aromatic carbocycles. The Hall–Kier alpha value is -1.25. The smallest absolute Gasteiger partial charge is 0.175 e. The number of nitriles is 1. The van der Waals surface area contributed by atoms with Crippen molar-refractivity contribution in [2.24, 2.45) is 11.1 Å². The third kappa shape index (κ3) is 3.44. The number of nitrogens with two attached hydrogens (primary N) is 1. The summed E-state index contributed by atoms with van der Waals surface area (Å²) >= 11 is 3.51. The lowest BCUT2D eigenvalue weighted by molar-refractivity contribution is 0.220. The molecule has 0 amide bonds. The van der Waals surface area contributed by atoms with E-state index in [1.165, 1.54) is 0 Å². The van der Waals surface area contributed by atoms with Crippen molar-refractivity contribution in [3.8, 4) is 17.6 Å². The van der Waals surface area contributed by atoms with Gasteiger partial charge in [-0.2, -0.15) is 5.26 Å².